The third-order valence-electron chi connectivity index (χ3n) is 2.77. The van der Waals surface area contributed by atoms with Crippen molar-refractivity contribution in [2.24, 2.45) is 0 Å². The molecule has 0 saturated heterocycles. The van der Waals surface area contributed by atoms with Crippen molar-refractivity contribution in [3.63, 3.8) is 0 Å². The highest BCUT2D eigenvalue weighted by molar-refractivity contribution is 7.89. The Morgan fingerprint density at radius 1 is 1.00 bits per heavy atom. The summed E-state index contributed by atoms with van der Waals surface area (Å²) in [5, 5.41) is 0. The predicted octanol–water partition coefficient (Wildman–Crippen LogP) is 1.86. The van der Waals surface area contributed by atoms with Crippen LogP contribution < -0.4 is 0 Å². The molecule has 3 nitrogen and oxygen atoms in total. The molecule has 84 valence electrons. The van der Waals surface area contributed by atoms with E-state index in [2.05, 4.69) is 0 Å². The Morgan fingerprint density at radius 3 is 2.00 bits per heavy atom. The molecule has 0 aliphatic heterocycles. The maximum absolute atomic E-state index is 11.9. The third-order valence-corrected chi connectivity index (χ3v) is 4.73. The van der Waals surface area contributed by atoms with Gasteiger partial charge in [-0.2, -0.15) is 0 Å². The molecule has 0 unspecified atom stereocenters. The van der Waals surface area contributed by atoms with Crippen LogP contribution in [0.5, 0.6) is 0 Å². The van der Waals surface area contributed by atoms with Crippen molar-refractivity contribution in [3.05, 3.63) is 28.8 Å². The molecule has 0 bridgehead atoms. The smallest absolute Gasteiger partial charge is 0.207 e. The molecule has 0 aliphatic carbocycles. The molecule has 0 saturated carbocycles. The second-order valence-electron chi connectivity index (χ2n) is 3.92. The summed E-state index contributed by atoms with van der Waals surface area (Å²) >= 11 is 0. The first-order valence-electron chi connectivity index (χ1n) is 4.78. The van der Waals surface area contributed by atoms with Crippen molar-refractivity contribution < 1.29 is 8.42 Å². The van der Waals surface area contributed by atoms with Gasteiger partial charge in [-0.1, -0.05) is 6.07 Å². The Morgan fingerprint density at radius 2 is 1.53 bits per heavy atom. The monoisotopic (exact) mass is 227 g/mol. The van der Waals surface area contributed by atoms with Crippen LogP contribution in [0.2, 0.25) is 0 Å². The van der Waals surface area contributed by atoms with E-state index < -0.39 is 10.0 Å². The average molecular weight is 227 g/mol. The number of sulfonamides is 1. The van der Waals surface area contributed by atoms with Crippen molar-refractivity contribution in [2.75, 3.05) is 14.1 Å². The van der Waals surface area contributed by atoms with E-state index in [9.17, 15) is 8.42 Å². The number of rotatable bonds is 2. The lowest BCUT2D eigenvalue weighted by Gasteiger charge is -2.15. The van der Waals surface area contributed by atoms with Gasteiger partial charge in [-0.25, -0.2) is 12.7 Å². The normalized spacial score (nSPS) is 12.1. The summed E-state index contributed by atoms with van der Waals surface area (Å²) in [6.07, 6.45) is 0. The number of hydrogen-bond acceptors (Lipinski definition) is 2. The van der Waals surface area contributed by atoms with Gasteiger partial charge in [0, 0.05) is 14.1 Å². The van der Waals surface area contributed by atoms with Crippen LogP contribution >= 0.6 is 0 Å². The van der Waals surface area contributed by atoms with Crippen LogP contribution in [0.15, 0.2) is 17.0 Å². The molecule has 0 fully saturated rings. The van der Waals surface area contributed by atoms with Crippen LogP contribution in [0.25, 0.3) is 0 Å². The molecule has 0 amide bonds. The van der Waals surface area contributed by atoms with E-state index in [0.717, 1.165) is 16.7 Å². The molecule has 0 aliphatic rings. The van der Waals surface area contributed by atoms with Gasteiger partial charge in [-0.05, 0) is 43.5 Å². The largest absolute Gasteiger partial charge is 0.242 e. The first-order chi connectivity index (χ1) is 6.78. The Balaban J connectivity index is 3.48. The summed E-state index contributed by atoms with van der Waals surface area (Å²) in [6.45, 7) is 5.77. The first-order valence-corrected chi connectivity index (χ1v) is 6.22. The average Bonchev–Trinajstić information content (AvgIpc) is 2.13. The van der Waals surface area contributed by atoms with E-state index in [-0.39, 0.29) is 0 Å². The van der Waals surface area contributed by atoms with Gasteiger partial charge in [0.15, 0.2) is 0 Å². The molecule has 1 aromatic carbocycles. The standard InChI is InChI=1S/C11H17NO2S/c1-8-6-7-11(10(3)9(8)2)15(13,14)12(4)5/h6-7H,1-5H3. The Hall–Kier alpha value is -0.870. The fraction of sp³-hybridized carbons (Fsp3) is 0.455. The van der Waals surface area contributed by atoms with Crippen LogP contribution in [-0.4, -0.2) is 26.8 Å². The van der Waals surface area contributed by atoms with E-state index in [1.807, 2.05) is 26.8 Å². The SMILES string of the molecule is Cc1ccc(S(=O)(=O)N(C)C)c(C)c1C. The molecular weight excluding hydrogens is 210 g/mol. The first kappa shape index (κ1) is 12.2. The lowest BCUT2D eigenvalue weighted by atomic mass is 10.1. The molecule has 15 heavy (non-hydrogen) atoms. The van der Waals surface area contributed by atoms with Gasteiger partial charge in [0.25, 0.3) is 0 Å². The van der Waals surface area contributed by atoms with Crippen LogP contribution in [-0.2, 0) is 10.0 Å². The molecule has 0 spiro atoms. The van der Waals surface area contributed by atoms with Gasteiger partial charge < -0.3 is 0 Å². The molecule has 4 heteroatoms. The second-order valence-corrected chi connectivity index (χ2v) is 6.04. The van der Waals surface area contributed by atoms with E-state index in [0.29, 0.717) is 4.90 Å². The second kappa shape index (κ2) is 3.94. The molecular formula is C11H17NO2S. The van der Waals surface area contributed by atoms with E-state index in [1.165, 1.54) is 4.31 Å². The number of hydrogen-bond donors (Lipinski definition) is 0. The predicted molar refractivity (Wildman–Crippen MR) is 61.5 cm³/mol. The minimum Gasteiger partial charge on any atom is -0.207 e. The summed E-state index contributed by atoms with van der Waals surface area (Å²) in [5.74, 6) is 0. The summed E-state index contributed by atoms with van der Waals surface area (Å²) in [4.78, 5) is 0.399. The van der Waals surface area contributed by atoms with E-state index in [4.69, 9.17) is 0 Å². The van der Waals surface area contributed by atoms with E-state index >= 15 is 0 Å². The lowest BCUT2D eigenvalue weighted by molar-refractivity contribution is 0.520. The zero-order chi connectivity index (χ0) is 11.8. The third kappa shape index (κ3) is 2.06. The van der Waals surface area contributed by atoms with Gasteiger partial charge in [0.05, 0.1) is 4.90 Å². The molecule has 0 atom stereocenters. The fourth-order valence-electron chi connectivity index (χ4n) is 1.41. The van der Waals surface area contributed by atoms with Crippen LogP contribution in [0.1, 0.15) is 16.7 Å². The zero-order valence-corrected chi connectivity index (χ0v) is 10.6. The van der Waals surface area contributed by atoms with Crippen LogP contribution in [0, 0.1) is 20.8 Å². The lowest BCUT2D eigenvalue weighted by Crippen LogP contribution is -2.23. The molecule has 0 heterocycles. The molecule has 1 rings (SSSR count). The zero-order valence-electron chi connectivity index (χ0n) is 9.83. The summed E-state index contributed by atoms with van der Waals surface area (Å²) in [7, 11) is -0.222. The highest BCUT2D eigenvalue weighted by atomic mass is 32.2. The van der Waals surface area contributed by atoms with Crippen molar-refractivity contribution in [1.29, 1.82) is 0 Å². The Bertz CT molecular complexity index is 476. The molecule has 1 aromatic rings. The van der Waals surface area contributed by atoms with Crippen molar-refractivity contribution in [2.45, 2.75) is 25.7 Å². The van der Waals surface area contributed by atoms with Gasteiger partial charge in [-0.15, -0.1) is 0 Å². The van der Waals surface area contributed by atoms with Gasteiger partial charge >= 0.3 is 0 Å². The summed E-state index contributed by atoms with van der Waals surface area (Å²) in [5.41, 5.74) is 2.99. The van der Waals surface area contributed by atoms with Crippen molar-refractivity contribution >= 4 is 10.0 Å². The van der Waals surface area contributed by atoms with Gasteiger partial charge in [0.1, 0.15) is 0 Å². The minimum atomic E-state index is -3.31. The van der Waals surface area contributed by atoms with Gasteiger partial charge in [-0.3, -0.25) is 0 Å². The van der Waals surface area contributed by atoms with Crippen molar-refractivity contribution in [1.82, 2.24) is 4.31 Å². The molecule has 0 N–H and O–H groups in total. The fourth-order valence-corrected chi connectivity index (χ4v) is 2.58. The molecule has 0 aromatic heterocycles. The minimum absolute atomic E-state index is 0.399. The Labute approximate surface area is 91.8 Å². The highest BCUT2D eigenvalue weighted by Crippen LogP contribution is 2.23. The van der Waals surface area contributed by atoms with E-state index in [1.54, 1.807) is 20.2 Å². The quantitative estimate of drug-likeness (QED) is 0.773. The maximum Gasteiger partial charge on any atom is 0.242 e. The summed E-state index contributed by atoms with van der Waals surface area (Å²) in [6, 6.07) is 3.52. The molecule has 0 radical (unpaired) electrons. The number of nitrogens with zero attached hydrogens (tertiary/aromatic N) is 1. The number of benzene rings is 1. The Kier molecular flexibility index (Phi) is 3.21. The highest BCUT2D eigenvalue weighted by Gasteiger charge is 2.20. The van der Waals surface area contributed by atoms with Crippen LogP contribution in [0.3, 0.4) is 0 Å². The topological polar surface area (TPSA) is 37.4 Å². The van der Waals surface area contributed by atoms with Gasteiger partial charge in [0.2, 0.25) is 10.0 Å². The summed E-state index contributed by atoms with van der Waals surface area (Å²) < 4.78 is 25.1. The maximum atomic E-state index is 11.9. The van der Waals surface area contributed by atoms with Crippen molar-refractivity contribution in [3.8, 4) is 0 Å². The van der Waals surface area contributed by atoms with Crippen LogP contribution in [0.4, 0.5) is 0 Å². The number of aryl methyl sites for hydroxylation is 1.